The molecule has 0 saturated heterocycles. The number of hydrogen-bond acceptors (Lipinski definition) is 2. The van der Waals surface area contributed by atoms with Gasteiger partial charge < -0.3 is 10.1 Å². The molecule has 1 N–H and O–H groups in total. The first-order chi connectivity index (χ1) is 13.8. The van der Waals surface area contributed by atoms with E-state index in [1.807, 2.05) is 0 Å². The fraction of sp³-hybridized carbons (Fsp3) is 0.316. The highest BCUT2D eigenvalue weighted by Gasteiger charge is 2.75. The Morgan fingerprint density at radius 2 is 1.63 bits per heavy atom. The van der Waals surface area contributed by atoms with Crippen LogP contribution in [0.3, 0.4) is 0 Å². The highest BCUT2D eigenvalue weighted by molar-refractivity contribution is 6.05. The SMILES string of the molecule is Cc1cccc(C(=O)Nc2ccccc2OCC(F)(F)C(F)(F)C(F)(F)C(F)F)c1. The maximum Gasteiger partial charge on any atom is 0.381 e. The Balaban J connectivity index is 2.19. The normalized spacial score (nSPS) is 12.7. The number of aryl methyl sites for hydroxylation is 1. The van der Waals surface area contributed by atoms with Gasteiger partial charge in [-0.2, -0.15) is 26.3 Å². The summed E-state index contributed by atoms with van der Waals surface area (Å²) >= 11 is 0. The lowest BCUT2D eigenvalue weighted by molar-refractivity contribution is -0.342. The highest BCUT2D eigenvalue weighted by Crippen LogP contribution is 2.48. The van der Waals surface area contributed by atoms with Gasteiger partial charge in [0.05, 0.1) is 5.69 Å². The molecule has 0 aromatic heterocycles. The maximum atomic E-state index is 13.7. The van der Waals surface area contributed by atoms with Crippen LogP contribution in [-0.2, 0) is 0 Å². The van der Waals surface area contributed by atoms with Crippen molar-refractivity contribution >= 4 is 11.6 Å². The lowest BCUT2D eigenvalue weighted by Crippen LogP contribution is -2.59. The largest absolute Gasteiger partial charge is 0.485 e. The van der Waals surface area contributed by atoms with E-state index >= 15 is 0 Å². The summed E-state index contributed by atoms with van der Waals surface area (Å²) in [5.41, 5.74) is 0.719. The molecule has 30 heavy (non-hydrogen) atoms. The van der Waals surface area contributed by atoms with Crippen molar-refractivity contribution in [3.63, 3.8) is 0 Å². The summed E-state index contributed by atoms with van der Waals surface area (Å²) < 4.78 is 109. The predicted molar refractivity (Wildman–Crippen MR) is 91.9 cm³/mol. The third-order valence-corrected chi connectivity index (χ3v) is 3.98. The number of benzene rings is 2. The molecule has 0 aliphatic heterocycles. The van der Waals surface area contributed by atoms with Gasteiger partial charge in [-0.1, -0.05) is 29.8 Å². The smallest absolute Gasteiger partial charge is 0.381 e. The van der Waals surface area contributed by atoms with Crippen molar-refractivity contribution in [1.82, 2.24) is 0 Å². The summed E-state index contributed by atoms with van der Waals surface area (Å²) in [5.74, 6) is -19.5. The second-order valence-electron chi connectivity index (χ2n) is 6.31. The molecule has 0 radical (unpaired) electrons. The number of nitrogens with one attached hydrogen (secondary N) is 1. The Hall–Kier alpha value is -2.85. The van der Waals surface area contributed by atoms with Gasteiger partial charge in [-0.15, -0.1) is 0 Å². The number of ether oxygens (including phenoxy) is 1. The van der Waals surface area contributed by atoms with Gasteiger partial charge in [-0.05, 0) is 31.2 Å². The Kier molecular flexibility index (Phi) is 6.63. The molecular formula is C19H15F8NO2. The van der Waals surface area contributed by atoms with Crippen LogP contribution < -0.4 is 10.1 Å². The van der Waals surface area contributed by atoms with Crippen molar-refractivity contribution < 1.29 is 44.7 Å². The quantitative estimate of drug-likeness (QED) is 0.526. The third kappa shape index (κ3) is 4.65. The van der Waals surface area contributed by atoms with E-state index in [4.69, 9.17) is 0 Å². The number of amides is 1. The van der Waals surface area contributed by atoms with Crippen LogP contribution >= 0.6 is 0 Å². The first-order valence-corrected chi connectivity index (χ1v) is 8.31. The van der Waals surface area contributed by atoms with Gasteiger partial charge in [-0.25, -0.2) is 8.78 Å². The van der Waals surface area contributed by atoms with E-state index in [1.54, 1.807) is 19.1 Å². The Morgan fingerprint density at radius 3 is 2.23 bits per heavy atom. The molecule has 0 aliphatic carbocycles. The van der Waals surface area contributed by atoms with E-state index in [0.717, 1.165) is 11.6 Å². The van der Waals surface area contributed by atoms with E-state index in [1.165, 1.54) is 30.3 Å². The number of halogens is 8. The summed E-state index contributed by atoms with van der Waals surface area (Å²) in [6.45, 7) is -0.620. The Labute approximate surface area is 165 Å². The first kappa shape index (κ1) is 23.4. The van der Waals surface area contributed by atoms with Crippen molar-refractivity contribution in [3.05, 3.63) is 59.7 Å². The van der Waals surface area contributed by atoms with Crippen molar-refractivity contribution in [2.75, 3.05) is 11.9 Å². The molecular weight excluding hydrogens is 426 g/mol. The van der Waals surface area contributed by atoms with Crippen molar-refractivity contribution in [1.29, 1.82) is 0 Å². The minimum absolute atomic E-state index is 0.193. The third-order valence-electron chi connectivity index (χ3n) is 3.98. The molecule has 0 aliphatic rings. The van der Waals surface area contributed by atoms with Gasteiger partial charge in [0.1, 0.15) is 5.75 Å². The monoisotopic (exact) mass is 441 g/mol. The first-order valence-electron chi connectivity index (χ1n) is 8.31. The molecule has 0 atom stereocenters. The van der Waals surface area contributed by atoms with Gasteiger partial charge in [0.2, 0.25) is 0 Å². The number of carbonyl (C=O) groups excluding carboxylic acids is 1. The number of alkyl halides is 8. The van der Waals surface area contributed by atoms with Gasteiger partial charge in [0, 0.05) is 5.56 Å². The van der Waals surface area contributed by atoms with Gasteiger partial charge in [0.25, 0.3) is 5.91 Å². The summed E-state index contributed by atoms with van der Waals surface area (Å²) in [7, 11) is 0. The fourth-order valence-corrected chi connectivity index (χ4v) is 2.32. The summed E-state index contributed by atoms with van der Waals surface area (Å²) in [4.78, 5) is 12.3. The van der Waals surface area contributed by atoms with E-state index in [9.17, 15) is 39.9 Å². The van der Waals surface area contributed by atoms with Gasteiger partial charge in [0.15, 0.2) is 6.61 Å². The van der Waals surface area contributed by atoms with Crippen LogP contribution in [0.15, 0.2) is 48.5 Å². The second kappa shape index (κ2) is 8.49. The molecule has 0 saturated carbocycles. The average Bonchev–Trinajstić information content (AvgIpc) is 2.66. The van der Waals surface area contributed by atoms with E-state index in [0.29, 0.717) is 0 Å². The number of rotatable bonds is 8. The molecule has 11 heteroatoms. The van der Waals surface area contributed by atoms with Crippen LogP contribution in [0.4, 0.5) is 40.8 Å². The molecule has 2 rings (SSSR count). The standard InChI is InChI=1S/C19H15F8NO2/c1-11-5-4-6-12(9-11)15(29)28-13-7-2-3-8-14(13)30-10-17(22,23)19(26,27)18(24,25)16(20)21/h2-9,16H,10H2,1H3,(H,28,29). The zero-order chi connectivity index (χ0) is 22.7. The fourth-order valence-electron chi connectivity index (χ4n) is 2.32. The number of carbonyl (C=O) groups is 1. The topological polar surface area (TPSA) is 38.3 Å². The highest BCUT2D eigenvalue weighted by atomic mass is 19.4. The molecule has 0 bridgehead atoms. The molecule has 0 fully saturated rings. The summed E-state index contributed by atoms with van der Waals surface area (Å²) in [6, 6.07) is 11.0. The van der Waals surface area contributed by atoms with Crippen LogP contribution in [0.5, 0.6) is 5.75 Å². The van der Waals surface area contributed by atoms with Crippen LogP contribution in [0.2, 0.25) is 0 Å². The lowest BCUT2D eigenvalue weighted by Gasteiger charge is -2.32. The van der Waals surface area contributed by atoms with Crippen molar-refractivity contribution in [3.8, 4) is 5.75 Å². The second-order valence-corrected chi connectivity index (χ2v) is 6.31. The molecule has 0 unspecified atom stereocenters. The number of para-hydroxylation sites is 2. The van der Waals surface area contributed by atoms with Crippen molar-refractivity contribution in [2.24, 2.45) is 0 Å². The molecule has 0 spiro atoms. The predicted octanol–water partition coefficient (Wildman–Crippen LogP) is 5.80. The molecule has 164 valence electrons. The minimum Gasteiger partial charge on any atom is -0.485 e. The zero-order valence-electron chi connectivity index (χ0n) is 15.2. The molecule has 2 aromatic rings. The number of hydrogen-bond donors (Lipinski definition) is 1. The van der Waals surface area contributed by atoms with Gasteiger partial charge in [-0.3, -0.25) is 4.79 Å². The average molecular weight is 441 g/mol. The molecule has 0 heterocycles. The van der Waals surface area contributed by atoms with Crippen LogP contribution in [-0.4, -0.2) is 36.7 Å². The summed E-state index contributed by atoms with van der Waals surface area (Å²) in [5, 5.41) is 2.31. The molecule has 1 amide bonds. The van der Waals surface area contributed by atoms with E-state index < -0.39 is 42.5 Å². The van der Waals surface area contributed by atoms with Crippen LogP contribution in [0, 0.1) is 6.92 Å². The maximum absolute atomic E-state index is 13.7. The zero-order valence-corrected chi connectivity index (χ0v) is 15.2. The molecule has 3 nitrogen and oxygen atoms in total. The van der Waals surface area contributed by atoms with Crippen LogP contribution in [0.1, 0.15) is 15.9 Å². The number of anilines is 1. The van der Waals surface area contributed by atoms with Crippen LogP contribution in [0.25, 0.3) is 0 Å². The molecule has 2 aromatic carbocycles. The Morgan fingerprint density at radius 1 is 1.00 bits per heavy atom. The van der Waals surface area contributed by atoms with Crippen molar-refractivity contribution in [2.45, 2.75) is 31.1 Å². The van der Waals surface area contributed by atoms with E-state index in [-0.39, 0.29) is 11.3 Å². The van der Waals surface area contributed by atoms with Gasteiger partial charge >= 0.3 is 24.2 Å². The van der Waals surface area contributed by atoms with E-state index in [2.05, 4.69) is 10.1 Å². The Bertz CT molecular complexity index is 902. The lowest BCUT2D eigenvalue weighted by atomic mass is 10.1. The summed E-state index contributed by atoms with van der Waals surface area (Å²) in [6.07, 6.45) is -5.01. The minimum atomic E-state index is -6.38.